The van der Waals surface area contributed by atoms with Gasteiger partial charge in [0.05, 0.1) is 0 Å². The number of aromatic nitrogens is 1. The van der Waals surface area contributed by atoms with Crippen molar-refractivity contribution in [3.05, 3.63) is 52.9 Å². The SMILES string of the molecule is CN(Cc1ccccc1)C(=O)c1noc2c1CC(C(C)(C)C)CC2. The molecule has 1 aromatic heterocycles. The summed E-state index contributed by atoms with van der Waals surface area (Å²) in [4.78, 5) is 14.6. The molecule has 0 bridgehead atoms. The summed E-state index contributed by atoms with van der Waals surface area (Å²) in [5.41, 5.74) is 2.85. The molecule has 4 nitrogen and oxygen atoms in total. The minimum Gasteiger partial charge on any atom is -0.360 e. The Labute approximate surface area is 143 Å². The Balaban J connectivity index is 1.78. The lowest BCUT2D eigenvalue weighted by molar-refractivity contribution is 0.0773. The van der Waals surface area contributed by atoms with Gasteiger partial charge in [-0.1, -0.05) is 56.3 Å². The number of amides is 1. The molecule has 1 aromatic carbocycles. The van der Waals surface area contributed by atoms with E-state index in [1.807, 2.05) is 37.4 Å². The van der Waals surface area contributed by atoms with Gasteiger partial charge < -0.3 is 9.42 Å². The lowest BCUT2D eigenvalue weighted by Crippen LogP contribution is -2.30. The highest BCUT2D eigenvalue weighted by molar-refractivity contribution is 5.93. The molecule has 0 N–H and O–H groups in total. The van der Waals surface area contributed by atoms with Gasteiger partial charge in [-0.2, -0.15) is 0 Å². The van der Waals surface area contributed by atoms with E-state index in [1.54, 1.807) is 4.90 Å². The summed E-state index contributed by atoms with van der Waals surface area (Å²) >= 11 is 0. The van der Waals surface area contributed by atoms with Crippen LogP contribution in [0.4, 0.5) is 0 Å². The Bertz CT molecular complexity index is 713. The van der Waals surface area contributed by atoms with Crippen molar-refractivity contribution in [1.82, 2.24) is 10.1 Å². The monoisotopic (exact) mass is 326 g/mol. The van der Waals surface area contributed by atoms with Crippen LogP contribution in [-0.2, 0) is 19.4 Å². The van der Waals surface area contributed by atoms with Crippen molar-refractivity contribution >= 4 is 5.91 Å². The van der Waals surface area contributed by atoms with Crippen LogP contribution in [0, 0.1) is 11.3 Å². The van der Waals surface area contributed by atoms with Crippen LogP contribution in [0.3, 0.4) is 0 Å². The number of carbonyl (C=O) groups is 1. The molecular weight excluding hydrogens is 300 g/mol. The molecule has 1 heterocycles. The van der Waals surface area contributed by atoms with Crippen LogP contribution in [0.2, 0.25) is 0 Å². The van der Waals surface area contributed by atoms with Gasteiger partial charge in [0, 0.05) is 25.6 Å². The fourth-order valence-electron chi connectivity index (χ4n) is 3.42. The fourth-order valence-corrected chi connectivity index (χ4v) is 3.42. The molecule has 4 heteroatoms. The lowest BCUT2D eigenvalue weighted by atomic mass is 9.71. The molecule has 0 aliphatic heterocycles. The number of hydrogen-bond donors (Lipinski definition) is 0. The molecule has 1 aliphatic rings. The number of hydrogen-bond acceptors (Lipinski definition) is 3. The summed E-state index contributed by atoms with van der Waals surface area (Å²) in [5.74, 6) is 1.39. The van der Waals surface area contributed by atoms with Crippen LogP contribution in [0.1, 0.15) is 54.6 Å². The van der Waals surface area contributed by atoms with Gasteiger partial charge in [-0.3, -0.25) is 4.79 Å². The van der Waals surface area contributed by atoms with Crippen molar-refractivity contribution in [3.63, 3.8) is 0 Å². The van der Waals surface area contributed by atoms with Crippen molar-refractivity contribution in [2.24, 2.45) is 11.3 Å². The van der Waals surface area contributed by atoms with Gasteiger partial charge >= 0.3 is 0 Å². The average Bonchev–Trinajstić information content (AvgIpc) is 2.97. The molecule has 0 saturated carbocycles. The van der Waals surface area contributed by atoms with E-state index in [9.17, 15) is 4.79 Å². The first-order valence-corrected chi connectivity index (χ1v) is 8.63. The van der Waals surface area contributed by atoms with Crippen LogP contribution < -0.4 is 0 Å². The minimum atomic E-state index is -0.0570. The summed E-state index contributed by atoms with van der Waals surface area (Å²) in [6, 6.07) is 10.0. The lowest BCUT2D eigenvalue weighted by Gasteiger charge is -2.33. The first kappa shape index (κ1) is 16.7. The molecule has 3 rings (SSSR count). The molecule has 128 valence electrons. The first-order chi connectivity index (χ1) is 11.4. The summed E-state index contributed by atoms with van der Waals surface area (Å²) in [7, 11) is 1.82. The highest BCUT2D eigenvalue weighted by Crippen LogP contribution is 2.38. The maximum absolute atomic E-state index is 12.8. The highest BCUT2D eigenvalue weighted by Gasteiger charge is 2.34. The number of rotatable bonds is 3. The molecule has 1 atom stereocenters. The van der Waals surface area contributed by atoms with Gasteiger partial charge in [0.15, 0.2) is 5.69 Å². The molecule has 24 heavy (non-hydrogen) atoms. The second kappa shape index (κ2) is 6.42. The zero-order valence-corrected chi connectivity index (χ0v) is 15.0. The number of benzene rings is 1. The molecular formula is C20H26N2O2. The standard InChI is InChI=1S/C20H26N2O2/c1-20(2,3)15-10-11-17-16(12-15)18(21-24-17)19(23)22(4)13-14-8-6-5-7-9-14/h5-9,15H,10-13H2,1-4H3. The van der Waals surface area contributed by atoms with E-state index >= 15 is 0 Å². The van der Waals surface area contributed by atoms with E-state index < -0.39 is 0 Å². The van der Waals surface area contributed by atoms with Crippen LogP contribution in [-0.4, -0.2) is 23.0 Å². The quantitative estimate of drug-likeness (QED) is 0.853. The zero-order chi connectivity index (χ0) is 17.3. The van der Waals surface area contributed by atoms with Crippen molar-refractivity contribution in [2.75, 3.05) is 7.05 Å². The van der Waals surface area contributed by atoms with Gasteiger partial charge in [-0.05, 0) is 29.7 Å². The van der Waals surface area contributed by atoms with Gasteiger partial charge in [-0.15, -0.1) is 0 Å². The predicted octanol–water partition coefficient (Wildman–Crippen LogP) is 4.10. The number of nitrogens with zero attached hydrogens (tertiary/aromatic N) is 2. The van der Waals surface area contributed by atoms with Crippen molar-refractivity contribution in [2.45, 2.75) is 46.6 Å². The second-order valence-electron chi connectivity index (χ2n) is 7.89. The molecule has 1 amide bonds. The normalized spacial score (nSPS) is 17.4. The number of fused-ring (bicyclic) bond motifs is 1. The Morgan fingerprint density at radius 2 is 2.00 bits per heavy atom. The Morgan fingerprint density at radius 3 is 2.67 bits per heavy atom. The van der Waals surface area contributed by atoms with Crippen molar-refractivity contribution in [1.29, 1.82) is 0 Å². The molecule has 0 fully saturated rings. The van der Waals surface area contributed by atoms with Crippen LogP contribution >= 0.6 is 0 Å². The minimum absolute atomic E-state index is 0.0570. The summed E-state index contributed by atoms with van der Waals surface area (Å²) < 4.78 is 5.47. The smallest absolute Gasteiger partial charge is 0.276 e. The first-order valence-electron chi connectivity index (χ1n) is 8.63. The molecule has 0 spiro atoms. The van der Waals surface area contributed by atoms with Crippen molar-refractivity contribution < 1.29 is 9.32 Å². The van der Waals surface area contributed by atoms with Gasteiger partial charge in [0.2, 0.25) is 0 Å². The number of carbonyl (C=O) groups excluding carboxylic acids is 1. The third-order valence-electron chi connectivity index (χ3n) is 5.08. The fraction of sp³-hybridized carbons (Fsp3) is 0.500. The molecule has 2 aromatic rings. The average molecular weight is 326 g/mol. The van der Waals surface area contributed by atoms with Gasteiger partial charge in [0.1, 0.15) is 5.76 Å². The Kier molecular flexibility index (Phi) is 4.48. The molecule has 1 unspecified atom stereocenters. The van der Waals surface area contributed by atoms with E-state index in [4.69, 9.17) is 4.52 Å². The zero-order valence-electron chi connectivity index (χ0n) is 15.0. The Hall–Kier alpha value is -2.10. The van der Waals surface area contributed by atoms with Crippen LogP contribution in [0.15, 0.2) is 34.9 Å². The summed E-state index contributed by atoms with van der Waals surface area (Å²) in [6.45, 7) is 7.36. The van der Waals surface area contributed by atoms with E-state index in [0.29, 0.717) is 18.2 Å². The maximum Gasteiger partial charge on any atom is 0.276 e. The van der Waals surface area contributed by atoms with Crippen molar-refractivity contribution in [3.8, 4) is 0 Å². The van der Waals surface area contributed by atoms with E-state index in [2.05, 4.69) is 25.9 Å². The molecule has 1 aliphatic carbocycles. The topological polar surface area (TPSA) is 46.3 Å². The second-order valence-corrected chi connectivity index (χ2v) is 7.89. The number of aryl methyl sites for hydroxylation is 1. The van der Waals surface area contributed by atoms with E-state index in [-0.39, 0.29) is 11.3 Å². The van der Waals surface area contributed by atoms with Gasteiger partial charge in [0.25, 0.3) is 5.91 Å². The largest absolute Gasteiger partial charge is 0.360 e. The summed E-state index contributed by atoms with van der Waals surface area (Å²) in [5, 5.41) is 4.11. The highest BCUT2D eigenvalue weighted by atomic mass is 16.5. The third-order valence-corrected chi connectivity index (χ3v) is 5.08. The molecule has 0 radical (unpaired) electrons. The predicted molar refractivity (Wildman–Crippen MR) is 93.7 cm³/mol. The molecule has 0 saturated heterocycles. The summed E-state index contributed by atoms with van der Waals surface area (Å²) in [6.07, 6.45) is 2.85. The van der Waals surface area contributed by atoms with Crippen LogP contribution in [0.5, 0.6) is 0 Å². The van der Waals surface area contributed by atoms with Crippen LogP contribution in [0.25, 0.3) is 0 Å². The van der Waals surface area contributed by atoms with E-state index in [0.717, 1.165) is 36.1 Å². The maximum atomic E-state index is 12.8. The van der Waals surface area contributed by atoms with E-state index in [1.165, 1.54) is 0 Å². The van der Waals surface area contributed by atoms with Gasteiger partial charge in [-0.25, -0.2) is 0 Å². The third kappa shape index (κ3) is 3.37. The Morgan fingerprint density at radius 1 is 1.29 bits per heavy atom.